The van der Waals surface area contributed by atoms with Crippen LogP contribution >= 0.6 is 0 Å². The summed E-state index contributed by atoms with van der Waals surface area (Å²) in [7, 11) is 0. The van der Waals surface area contributed by atoms with Crippen LogP contribution in [0.4, 0.5) is 0 Å². The summed E-state index contributed by atoms with van der Waals surface area (Å²) in [6.07, 6.45) is 2.02. The van der Waals surface area contributed by atoms with Crippen molar-refractivity contribution in [3.8, 4) is 6.07 Å². The average Bonchev–Trinajstić information content (AvgIpc) is 2.54. The van der Waals surface area contributed by atoms with E-state index in [9.17, 15) is 9.59 Å². The molecule has 0 bridgehead atoms. The monoisotopic (exact) mass is 309 g/mol. The van der Waals surface area contributed by atoms with E-state index in [0.717, 1.165) is 17.5 Å². The fraction of sp³-hybridized carbons (Fsp3) is 0.333. The van der Waals surface area contributed by atoms with Crippen LogP contribution in [0.3, 0.4) is 0 Å². The molecule has 0 aliphatic heterocycles. The number of hydrogen-bond acceptors (Lipinski definition) is 4. The lowest BCUT2D eigenvalue weighted by atomic mass is 10.1. The van der Waals surface area contributed by atoms with Gasteiger partial charge in [-0.1, -0.05) is 37.6 Å². The van der Waals surface area contributed by atoms with Gasteiger partial charge < -0.3 is 0 Å². The molecule has 0 unspecified atom stereocenters. The zero-order valence-electron chi connectivity index (χ0n) is 13.6. The van der Waals surface area contributed by atoms with E-state index in [4.69, 9.17) is 5.26 Å². The number of carbonyl (C=O) groups excluding carboxylic acids is 1. The number of hydrogen-bond donors (Lipinski definition) is 0. The molecular formula is C18H19N3O2. The van der Waals surface area contributed by atoms with Gasteiger partial charge in [-0.3, -0.25) is 9.59 Å². The van der Waals surface area contributed by atoms with Crippen molar-refractivity contribution in [1.29, 1.82) is 5.26 Å². The lowest BCUT2D eigenvalue weighted by molar-refractivity contribution is 0.0965. The number of Topliss-reactive ketones (excluding diaryl/α,β-unsaturated/α-hetero) is 1. The van der Waals surface area contributed by atoms with Gasteiger partial charge in [0.05, 0.1) is 5.69 Å². The SMILES string of the molecule is CCCc1ccc(C(=O)Cn2nc(C)c(C)c(C#N)c2=O)cc1. The molecule has 0 atom stereocenters. The van der Waals surface area contributed by atoms with Crippen molar-refractivity contribution >= 4 is 5.78 Å². The molecular weight excluding hydrogens is 290 g/mol. The van der Waals surface area contributed by atoms with Crippen LogP contribution in [-0.2, 0) is 13.0 Å². The Kier molecular flexibility index (Phi) is 5.07. The summed E-state index contributed by atoms with van der Waals surface area (Å²) in [6.45, 7) is 5.34. The highest BCUT2D eigenvalue weighted by atomic mass is 16.1. The van der Waals surface area contributed by atoms with Gasteiger partial charge in [-0.2, -0.15) is 10.4 Å². The number of carbonyl (C=O) groups is 1. The minimum absolute atomic E-state index is 0.0450. The number of ketones is 1. The molecule has 0 fully saturated rings. The lowest BCUT2D eigenvalue weighted by Gasteiger charge is -2.09. The van der Waals surface area contributed by atoms with Gasteiger partial charge in [0, 0.05) is 5.56 Å². The van der Waals surface area contributed by atoms with Gasteiger partial charge >= 0.3 is 0 Å². The van der Waals surface area contributed by atoms with E-state index in [1.807, 2.05) is 18.2 Å². The zero-order valence-corrected chi connectivity index (χ0v) is 13.6. The van der Waals surface area contributed by atoms with Gasteiger partial charge in [0.25, 0.3) is 5.56 Å². The topological polar surface area (TPSA) is 75.8 Å². The van der Waals surface area contributed by atoms with Crippen LogP contribution in [-0.4, -0.2) is 15.6 Å². The van der Waals surface area contributed by atoms with Gasteiger partial charge in [0.1, 0.15) is 18.2 Å². The first kappa shape index (κ1) is 16.6. The molecule has 2 rings (SSSR count). The Bertz CT molecular complexity index is 827. The van der Waals surface area contributed by atoms with E-state index in [0.29, 0.717) is 16.8 Å². The van der Waals surface area contributed by atoms with Crippen LogP contribution in [0.5, 0.6) is 0 Å². The van der Waals surface area contributed by atoms with Gasteiger partial charge in [-0.25, -0.2) is 4.68 Å². The number of aromatic nitrogens is 2. The number of nitriles is 1. The maximum atomic E-state index is 12.3. The molecule has 2 aromatic rings. The van der Waals surface area contributed by atoms with Crippen molar-refractivity contribution in [2.75, 3.05) is 0 Å². The molecule has 0 amide bonds. The fourth-order valence-electron chi connectivity index (χ4n) is 2.38. The van der Waals surface area contributed by atoms with Crippen LogP contribution in [0, 0.1) is 25.2 Å². The molecule has 0 aliphatic carbocycles. The number of nitrogens with zero attached hydrogens (tertiary/aromatic N) is 3. The standard InChI is InChI=1S/C18H19N3O2/c1-4-5-14-6-8-15(9-7-14)17(22)11-21-18(23)16(10-19)12(2)13(3)20-21/h6-9H,4-5,11H2,1-3H3. The molecule has 0 aliphatic rings. The van der Waals surface area contributed by atoms with Gasteiger partial charge in [0.2, 0.25) is 0 Å². The third-order valence-electron chi connectivity index (χ3n) is 3.86. The molecule has 0 saturated carbocycles. The molecule has 23 heavy (non-hydrogen) atoms. The van der Waals surface area contributed by atoms with Crippen LogP contribution < -0.4 is 5.56 Å². The Morgan fingerprint density at radius 2 is 1.91 bits per heavy atom. The first-order valence-electron chi connectivity index (χ1n) is 7.58. The van der Waals surface area contributed by atoms with E-state index in [1.165, 1.54) is 5.56 Å². The summed E-state index contributed by atoms with van der Waals surface area (Å²) >= 11 is 0. The van der Waals surface area contributed by atoms with Crippen molar-refractivity contribution in [2.45, 2.75) is 40.2 Å². The van der Waals surface area contributed by atoms with E-state index in [-0.39, 0.29) is 17.9 Å². The van der Waals surface area contributed by atoms with E-state index in [2.05, 4.69) is 12.0 Å². The second-order valence-corrected chi connectivity index (χ2v) is 5.53. The highest BCUT2D eigenvalue weighted by Crippen LogP contribution is 2.09. The Labute approximate surface area is 135 Å². The van der Waals surface area contributed by atoms with Crippen molar-refractivity contribution in [2.24, 2.45) is 0 Å². The highest BCUT2D eigenvalue weighted by Gasteiger charge is 2.14. The van der Waals surface area contributed by atoms with Crippen LogP contribution in [0.15, 0.2) is 29.1 Å². The molecule has 0 radical (unpaired) electrons. The van der Waals surface area contributed by atoms with Crippen LogP contribution in [0.2, 0.25) is 0 Å². The molecule has 0 N–H and O–H groups in total. The van der Waals surface area contributed by atoms with Crippen molar-refractivity contribution in [1.82, 2.24) is 9.78 Å². The quantitative estimate of drug-likeness (QED) is 0.795. The molecule has 1 aromatic heterocycles. The normalized spacial score (nSPS) is 10.3. The molecule has 0 spiro atoms. The minimum atomic E-state index is -0.522. The summed E-state index contributed by atoms with van der Waals surface area (Å²) in [5, 5.41) is 13.2. The second-order valence-electron chi connectivity index (χ2n) is 5.53. The largest absolute Gasteiger partial charge is 0.292 e. The molecule has 118 valence electrons. The Balaban J connectivity index is 2.29. The number of rotatable bonds is 5. The van der Waals surface area contributed by atoms with Crippen molar-refractivity contribution in [3.63, 3.8) is 0 Å². The molecule has 5 heteroatoms. The van der Waals surface area contributed by atoms with Crippen LogP contribution in [0.25, 0.3) is 0 Å². The predicted octanol–water partition coefficient (Wildman–Crippen LogP) is 2.57. The highest BCUT2D eigenvalue weighted by molar-refractivity contribution is 5.95. The number of benzene rings is 1. The summed E-state index contributed by atoms with van der Waals surface area (Å²) in [5.74, 6) is -0.199. The summed E-state index contributed by atoms with van der Waals surface area (Å²) in [5.41, 5.74) is 2.38. The first-order valence-corrected chi connectivity index (χ1v) is 7.58. The molecule has 5 nitrogen and oxygen atoms in total. The van der Waals surface area contributed by atoms with Gasteiger partial charge in [0.15, 0.2) is 5.78 Å². The van der Waals surface area contributed by atoms with Gasteiger partial charge in [-0.05, 0) is 31.4 Å². The predicted molar refractivity (Wildman–Crippen MR) is 87.5 cm³/mol. The third kappa shape index (κ3) is 3.54. The van der Waals surface area contributed by atoms with Crippen molar-refractivity contribution < 1.29 is 4.79 Å². The van der Waals surface area contributed by atoms with Gasteiger partial charge in [-0.15, -0.1) is 0 Å². The Hall–Kier alpha value is -2.74. The second kappa shape index (κ2) is 7.01. The maximum Gasteiger partial charge on any atom is 0.285 e. The molecule has 1 aromatic carbocycles. The average molecular weight is 309 g/mol. The Morgan fingerprint density at radius 1 is 1.26 bits per heavy atom. The Morgan fingerprint density at radius 3 is 2.48 bits per heavy atom. The molecule has 0 saturated heterocycles. The minimum Gasteiger partial charge on any atom is -0.292 e. The lowest BCUT2D eigenvalue weighted by Crippen LogP contribution is -2.30. The molecule has 1 heterocycles. The van der Waals surface area contributed by atoms with Crippen molar-refractivity contribution in [3.05, 3.63) is 62.6 Å². The smallest absolute Gasteiger partial charge is 0.285 e. The van der Waals surface area contributed by atoms with Crippen LogP contribution in [0.1, 0.15) is 46.1 Å². The van der Waals surface area contributed by atoms with E-state index in [1.54, 1.807) is 26.0 Å². The summed E-state index contributed by atoms with van der Waals surface area (Å²) in [6, 6.07) is 9.28. The zero-order chi connectivity index (χ0) is 17.0. The summed E-state index contributed by atoms with van der Waals surface area (Å²) in [4.78, 5) is 24.6. The van der Waals surface area contributed by atoms with E-state index < -0.39 is 5.56 Å². The first-order chi connectivity index (χ1) is 11.0. The number of aryl methyl sites for hydroxylation is 2. The third-order valence-corrected chi connectivity index (χ3v) is 3.86. The maximum absolute atomic E-state index is 12.3. The van der Waals surface area contributed by atoms with E-state index >= 15 is 0 Å². The fourth-order valence-corrected chi connectivity index (χ4v) is 2.38. The summed E-state index contributed by atoms with van der Waals surface area (Å²) < 4.78 is 1.07.